The Hall–Kier alpha value is -4.09. The van der Waals surface area contributed by atoms with E-state index < -0.39 is 0 Å². The molecular weight excluding hydrogens is 467 g/mol. The van der Waals surface area contributed by atoms with Crippen molar-refractivity contribution in [2.24, 2.45) is 7.05 Å². The topological polar surface area (TPSA) is 58.6 Å². The Morgan fingerprint density at radius 2 is 1.81 bits per heavy atom. The number of aromatic nitrogens is 3. The van der Waals surface area contributed by atoms with Crippen molar-refractivity contribution >= 4 is 22.5 Å². The van der Waals surface area contributed by atoms with Crippen molar-refractivity contribution in [1.29, 1.82) is 0 Å². The Labute approximate surface area is 215 Å². The van der Waals surface area contributed by atoms with Gasteiger partial charge in [-0.2, -0.15) is 0 Å². The van der Waals surface area contributed by atoms with E-state index in [1.54, 1.807) is 29.8 Å². The highest BCUT2D eigenvalue weighted by Gasteiger charge is 2.37. The van der Waals surface area contributed by atoms with E-state index in [-0.39, 0.29) is 29.5 Å². The van der Waals surface area contributed by atoms with Crippen molar-refractivity contribution < 1.29 is 4.39 Å². The molecule has 3 atom stereocenters. The average Bonchev–Trinajstić information content (AvgIpc) is 2.89. The van der Waals surface area contributed by atoms with Crippen LogP contribution in [0.25, 0.3) is 15.9 Å². The molecule has 7 nitrogen and oxygen atoms in total. The normalized spacial score (nSPS) is 19.1. The molecular formula is C29H29FN6O. The predicted octanol–water partition coefficient (Wildman–Crippen LogP) is 5.02. The fraction of sp³-hybridized carbons (Fsp3) is 0.310. The van der Waals surface area contributed by atoms with Gasteiger partial charge in [-0.3, -0.25) is 14.7 Å². The van der Waals surface area contributed by atoms with Gasteiger partial charge in [-0.25, -0.2) is 4.39 Å². The molecule has 0 aliphatic carbocycles. The minimum absolute atomic E-state index is 0.0198. The highest BCUT2D eigenvalue weighted by molar-refractivity contribution is 5.89. The molecule has 8 heteroatoms. The number of benzene rings is 1. The lowest BCUT2D eigenvalue weighted by Crippen LogP contribution is -2.57. The molecule has 0 radical (unpaired) electrons. The molecule has 1 aliphatic heterocycles. The molecule has 1 fully saturated rings. The van der Waals surface area contributed by atoms with Crippen molar-refractivity contribution in [3.63, 3.8) is 0 Å². The molecule has 4 heterocycles. The molecule has 0 bridgehead atoms. The minimum atomic E-state index is -0.310. The van der Waals surface area contributed by atoms with E-state index in [9.17, 15) is 9.18 Å². The molecule has 1 saturated heterocycles. The second-order valence-corrected chi connectivity index (χ2v) is 9.84. The molecule has 0 N–H and O–H groups in total. The van der Waals surface area contributed by atoms with Gasteiger partial charge in [0.1, 0.15) is 5.82 Å². The zero-order chi connectivity index (χ0) is 26.3. The van der Waals surface area contributed by atoms with Crippen LogP contribution in [0.15, 0.2) is 65.6 Å². The Balaban J connectivity index is 1.56. The summed E-state index contributed by atoms with van der Waals surface area (Å²) in [6.07, 6.45) is 1.52. The van der Waals surface area contributed by atoms with E-state index in [2.05, 4.69) is 62.7 Å². The second-order valence-electron chi connectivity index (χ2n) is 9.84. The van der Waals surface area contributed by atoms with Crippen LogP contribution in [0.4, 0.5) is 15.9 Å². The van der Waals surface area contributed by atoms with Gasteiger partial charge in [0.15, 0.2) is 0 Å². The summed E-state index contributed by atoms with van der Waals surface area (Å²) in [6, 6.07) is 16.1. The third kappa shape index (κ3) is 4.58. The van der Waals surface area contributed by atoms with Gasteiger partial charge >= 0.3 is 0 Å². The number of pyridine rings is 3. The van der Waals surface area contributed by atoms with E-state index >= 15 is 0 Å². The van der Waals surface area contributed by atoms with Crippen LogP contribution in [0, 0.1) is 19.3 Å². The van der Waals surface area contributed by atoms with E-state index in [0.29, 0.717) is 35.6 Å². The van der Waals surface area contributed by atoms with Gasteiger partial charge in [-0.15, -0.1) is 4.98 Å². The number of anilines is 1. The van der Waals surface area contributed by atoms with Gasteiger partial charge in [0.05, 0.1) is 22.9 Å². The first-order chi connectivity index (χ1) is 17.8. The fourth-order valence-electron chi connectivity index (χ4n) is 5.28. The van der Waals surface area contributed by atoms with Crippen molar-refractivity contribution in [3.8, 4) is 0 Å². The third-order valence-electron chi connectivity index (χ3n) is 7.26. The SMILES string of the molecule is [C-]#[N+]c1ccc2c(n1)c(N1C[C@@H](C)N(C(c3ccc(C)cc3)c3cc(F)ccn3)C[C@@H]1C)cc(=O)n2C. The minimum Gasteiger partial charge on any atom is -0.362 e. The molecule has 4 aromatic rings. The van der Waals surface area contributed by atoms with Crippen molar-refractivity contribution in [2.75, 3.05) is 18.0 Å². The number of hydrogen-bond acceptors (Lipinski definition) is 5. The maximum Gasteiger partial charge on any atom is 0.270 e. The maximum absolute atomic E-state index is 14.3. The van der Waals surface area contributed by atoms with Gasteiger partial charge in [-0.05, 0) is 50.6 Å². The summed E-state index contributed by atoms with van der Waals surface area (Å²) in [4.78, 5) is 30.0. The summed E-state index contributed by atoms with van der Waals surface area (Å²) >= 11 is 0. The van der Waals surface area contributed by atoms with Crippen LogP contribution in [0.1, 0.15) is 36.7 Å². The van der Waals surface area contributed by atoms with Gasteiger partial charge in [0.25, 0.3) is 11.4 Å². The molecule has 37 heavy (non-hydrogen) atoms. The van der Waals surface area contributed by atoms with E-state index in [1.807, 2.05) is 6.92 Å². The number of halogens is 1. The molecule has 1 unspecified atom stereocenters. The number of hydrogen-bond donors (Lipinski definition) is 0. The zero-order valence-electron chi connectivity index (χ0n) is 21.4. The van der Waals surface area contributed by atoms with E-state index in [4.69, 9.17) is 6.57 Å². The van der Waals surface area contributed by atoms with Crippen molar-refractivity contribution in [1.82, 2.24) is 19.4 Å². The first-order valence-electron chi connectivity index (χ1n) is 12.4. The second kappa shape index (κ2) is 9.75. The maximum atomic E-state index is 14.3. The zero-order valence-corrected chi connectivity index (χ0v) is 21.4. The number of piperazine rings is 1. The Morgan fingerprint density at radius 3 is 2.51 bits per heavy atom. The predicted molar refractivity (Wildman–Crippen MR) is 143 cm³/mol. The summed E-state index contributed by atoms with van der Waals surface area (Å²) < 4.78 is 15.8. The van der Waals surface area contributed by atoms with Gasteiger partial charge in [0.2, 0.25) is 5.52 Å². The van der Waals surface area contributed by atoms with Crippen LogP contribution in [-0.2, 0) is 7.05 Å². The van der Waals surface area contributed by atoms with Crippen LogP contribution in [0.2, 0.25) is 0 Å². The molecule has 3 aromatic heterocycles. The van der Waals surface area contributed by atoms with Crippen LogP contribution in [-0.4, -0.2) is 44.6 Å². The van der Waals surface area contributed by atoms with Gasteiger partial charge in [0, 0.05) is 44.5 Å². The van der Waals surface area contributed by atoms with E-state index in [1.165, 1.54) is 18.3 Å². The fourth-order valence-corrected chi connectivity index (χ4v) is 5.28. The van der Waals surface area contributed by atoms with Crippen molar-refractivity contribution in [3.05, 3.63) is 105 Å². The lowest BCUT2D eigenvalue weighted by Gasteiger charge is -2.48. The lowest BCUT2D eigenvalue weighted by atomic mass is 9.95. The Bertz CT molecular complexity index is 1560. The number of aryl methyl sites for hydroxylation is 2. The molecule has 0 spiro atoms. The lowest BCUT2D eigenvalue weighted by molar-refractivity contribution is 0.127. The third-order valence-corrected chi connectivity index (χ3v) is 7.26. The smallest absolute Gasteiger partial charge is 0.270 e. The molecule has 0 saturated carbocycles. The van der Waals surface area contributed by atoms with Crippen molar-refractivity contribution in [2.45, 2.75) is 38.9 Å². The molecule has 1 aromatic carbocycles. The summed E-state index contributed by atoms with van der Waals surface area (Å²) in [5.74, 6) is -0.0157. The molecule has 0 amide bonds. The number of fused-ring (bicyclic) bond motifs is 1. The molecule has 5 rings (SSSR count). The molecule has 1 aliphatic rings. The number of nitrogens with zero attached hydrogens (tertiary/aromatic N) is 6. The Kier molecular flexibility index (Phi) is 6.48. The van der Waals surface area contributed by atoms with Crippen LogP contribution >= 0.6 is 0 Å². The summed E-state index contributed by atoms with van der Waals surface area (Å²) in [5, 5.41) is 0. The van der Waals surface area contributed by atoms with Crippen LogP contribution in [0.3, 0.4) is 0 Å². The Morgan fingerprint density at radius 1 is 1.05 bits per heavy atom. The molecule has 188 valence electrons. The van der Waals surface area contributed by atoms with Crippen LogP contribution < -0.4 is 10.5 Å². The van der Waals surface area contributed by atoms with E-state index in [0.717, 1.165) is 16.8 Å². The summed E-state index contributed by atoms with van der Waals surface area (Å²) in [5.41, 5.74) is 4.83. The summed E-state index contributed by atoms with van der Waals surface area (Å²) in [6.45, 7) is 15.0. The highest BCUT2D eigenvalue weighted by Crippen LogP contribution is 2.35. The first-order valence-corrected chi connectivity index (χ1v) is 12.4. The largest absolute Gasteiger partial charge is 0.362 e. The monoisotopic (exact) mass is 496 g/mol. The highest BCUT2D eigenvalue weighted by atomic mass is 19.1. The number of rotatable bonds is 4. The van der Waals surface area contributed by atoms with Crippen LogP contribution in [0.5, 0.6) is 0 Å². The first kappa shape index (κ1) is 24.6. The average molecular weight is 497 g/mol. The standard InChI is InChI=1S/C29H29FN6O/c1-18-6-8-21(9-7-18)29(23-14-22(30)12-13-32-23)36-17-19(2)35(16-20(36)3)25-15-27(37)34(5)24-10-11-26(31-4)33-28(24)25/h6-15,19-20,29H,16-17H2,1-3,5H3/t19-,20+,29?/m0/s1. The van der Waals surface area contributed by atoms with Gasteiger partial charge < -0.3 is 14.3 Å². The summed E-state index contributed by atoms with van der Waals surface area (Å²) in [7, 11) is 1.72. The quantitative estimate of drug-likeness (QED) is 0.372. The van der Waals surface area contributed by atoms with Gasteiger partial charge in [-0.1, -0.05) is 36.4 Å².